The first kappa shape index (κ1) is 28.5. The molecule has 10 aromatic rings. The van der Waals surface area contributed by atoms with Crippen LogP contribution in [0.2, 0.25) is 0 Å². The van der Waals surface area contributed by atoms with Gasteiger partial charge in [-0.1, -0.05) is 103 Å². The third-order valence-electron chi connectivity index (χ3n) is 9.26. The number of aromatic nitrogens is 4. The summed E-state index contributed by atoms with van der Waals surface area (Å²) >= 11 is 1.82. The molecule has 0 aliphatic rings. The van der Waals surface area contributed by atoms with E-state index in [0.717, 1.165) is 60.9 Å². The van der Waals surface area contributed by atoms with Crippen LogP contribution < -0.4 is 0 Å². The number of furan rings is 1. The van der Waals surface area contributed by atoms with Gasteiger partial charge < -0.3 is 4.42 Å². The molecule has 0 aliphatic heterocycles. The SMILES string of the molecule is c1ccc(-c2nc(-c3ccc(-c4cccnc4)cc3)nc(-c3ccc(-c4ccc5sc6ccccc6c5c4)c4oc5ccccc5c34)n2)cc1. The van der Waals surface area contributed by atoms with Gasteiger partial charge in [-0.2, -0.15) is 0 Å². The summed E-state index contributed by atoms with van der Waals surface area (Å²) in [4.78, 5) is 19.5. The third-order valence-corrected chi connectivity index (χ3v) is 10.4. The van der Waals surface area contributed by atoms with E-state index >= 15 is 0 Å². The zero-order valence-corrected chi connectivity index (χ0v) is 27.4. The van der Waals surface area contributed by atoms with E-state index in [4.69, 9.17) is 19.4 Å². The molecule has 0 atom stereocenters. The molecule has 4 aromatic heterocycles. The summed E-state index contributed by atoms with van der Waals surface area (Å²) < 4.78 is 9.25. The molecule has 50 heavy (non-hydrogen) atoms. The molecule has 0 saturated carbocycles. The maximum atomic E-state index is 6.69. The van der Waals surface area contributed by atoms with Crippen molar-refractivity contribution in [3.05, 3.63) is 158 Å². The highest BCUT2D eigenvalue weighted by Gasteiger charge is 2.21. The summed E-state index contributed by atoms with van der Waals surface area (Å²) in [5, 5.41) is 4.52. The predicted molar refractivity (Wildman–Crippen MR) is 205 cm³/mol. The fourth-order valence-corrected chi connectivity index (χ4v) is 7.91. The van der Waals surface area contributed by atoms with Crippen molar-refractivity contribution in [1.82, 2.24) is 19.9 Å². The van der Waals surface area contributed by atoms with E-state index in [1.54, 1.807) is 6.20 Å². The monoisotopic (exact) mass is 658 g/mol. The smallest absolute Gasteiger partial charge is 0.164 e. The normalized spacial score (nSPS) is 11.6. The van der Waals surface area contributed by atoms with E-state index in [9.17, 15) is 0 Å². The number of rotatable bonds is 5. The number of thiophene rings is 1. The van der Waals surface area contributed by atoms with Crippen molar-refractivity contribution in [2.24, 2.45) is 0 Å². The highest BCUT2D eigenvalue weighted by molar-refractivity contribution is 7.25. The first-order valence-corrected chi connectivity index (χ1v) is 17.3. The van der Waals surface area contributed by atoms with Crippen LogP contribution >= 0.6 is 11.3 Å². The van der Waals surface area contributed by atoms with Crippen molar-refractivity contribution in [1.29, 1.82) is 0 Å². The second kappa shape index (κ2) is 11.6. The Hall–Kier alpha value is -6.50. The van der Waals surface area contributed by atoms with Crippen LogP contribution in [-0.2, 0) is 0 Å². The lowest BCUT2D eigenvalue weighted by atomic mass is 9.97. The standard InChI is InChI=1S/C44H26N4OS/c1-2-9-28(10-3-1)42-46-43(29-18-16-27(17-19-29)31-11-8-24-45-26-31)48-44(47-42)35-22-21-32(41-40(35)34-13-4-6-14-37(34)49-41)30-20-23-39-36(25-30)33-12-5-7-15-38(33)50-39/h1-26H. The van der Waals surface area contributed by atoms with Crippen molar-refractivity contribution in [3.8, 4) is 56.4 Å². The van der Waals surface area contributed by atoms with Gasteiger partial charge >= 0.3 is 0 Å². The van der Waals surface area contributed by atoms with Crippen LogP contribution in [0.4, 0.5) is 0 Å². The molecule has 6 aromatic carbocycles. The molecule has 0 amide bonds. The molecule has 0 unspecified atom stereocenters. The number of nitrogens with zero attached hydrogens (tertiary/aromatic N) is 4. The molecule has 0 radical (unpaired) electrons. The summed E-state index contributed by atoms with van der Waals surface area (Å²) in [5.41, 5.74) is 8.62. The highest BCUT2D eigenvalue weighted by atomic mass is 32.1. The van der Waals surface area contributed by atoms with Crippen LogP contribution in [0.3, 0.4) is 0 Å². The summed E-state index contributed by atoms with van der Waals surface area (Å²) in [6, 6.07) is 50.2. The molecule has 0 aliphatic carbocycles. The van der Waals surface area contributed by atoms with Crippen LogP contribution in [0, 0.1) is 0 Å². The van der Waals surface area contributed by atoms with E-state index < -0.39 is 0 Å². The van der Waals surface area contributed by atoms with Gasteiger partial charge in [-0.15, -0.1) is 11.3 Å². The van der Waals surface area contributed by atoms with E-state index in [0.29, 0.717) is 17.5 Å². The Kier molecular flexibility index (Phi) is 6.60. The quantitative estimate of drug-likeness (QED) is 0.184. The van der Waals surface area contributed by atoms with E-state index in [2.05, 4.69) is 102 Å². The Morgan fingerprint density at radius 2 is 1.08 bits per heavy atom. The molecule has 0 saturated heterocycles. The van der Waals surface area contributed by atoms with Gasteiger partial charge in [0.1, 0.15) is 11.2 Å². The molecule has 0 N–H and O–H groups in total. The fourth-order valence-electron chi connectivity index (χ4n) is 6.82. The van der Waals surface area contributed by atoms with Crippen LogP contribution in [0.1, 0.15) is 0 Å². The molecule has 5 nitrogen and oxygen atoms in total. The van der Waals surface area contributed by atoms with Crippen LogP contribution in [0.15, 0.2) is 162 Å². The lowest BCUT2D eigenvalue weighted by Crippen LogP contribution is -2.00. The maximum absolute atomic E-state index is 6.69. The molecule has 234 valence electrons. The van der Waals surface area contributed by atoms with Gasteiger partial charge in [0.2, 0.25) is 0 Å². The fraction of sp³-hybridized carbons (Fsp3) is 0. The second-order valence-electron chi connectivity index (χ2n) is 12.3. The van der Waals surface area contributed by atoms with Crippen LogP contribution in [-0.4, -0.2) is 19.9 Å². The minimum absolute atomic E-state index is 0.590. The third kappa shape index (κ3) is 4.77. The number of benzene rings is 6. The van der Waals surface area contributed by atoms with Crippen molar-refractivity contribution in [2.75, 3.05) is 0 Å². The molecule has 6 heteroatoms. The van der Waals surface area contributed by atoms with Crippen molar-refractivity contribution < 1.29 is 4.42 Å². The van der Waals surface area contributed by atoms with Gasteiger partial charge in [0, 0.05) is 65.6 Å². The van der Waals surface area contributed by atoms with Gasteiger partial charge in [0.25, 0.3) is 0 Å². The summed E-state index contributed by atoms with van der Waals surface area (Å²) in [5.74, 6) is 1.81. The Labute approximate surface area is 291 Å². The lowest BCUT2D eigenvalue weighted by Gasteiger charge is -2.11. The lowest BCUT2D eigenvalue weighted by molar-refractivity contribution is 0.670. The van der Waals surface area contributed by atoms with Gasteiger partial charge in [0.15, 0.2) is 17.5 Å². The van der Waals surface area contributed by atoms with E-state index in [1.165, 1.54) is 20.2 Å². The average molecular weight is 659 g/mol. The van der Waals surface area contributed by atoms with Gasteiger partial charge in [0.05, 0.1) is 0 Å². The number of para-hydroxylation sites is 1. The Morgan fingerprint density at radius 3 is 1.90 bits per heavy atom. The first-order valence-electron chi connectivity index (χ1n) is 16.5. The maximum Gasteiger partial charge on any atom is 0.164 e. The van der Waals surface area contributed by atoms with Gasteiger partial charge in [-0.3, -0.25) is 4.98 Å². The summed E-state index contributed by atoms with van der Waals surface area (Å²) in [6.45, 7) is 0. The summed E-state index contributed by atoms with van der Waals surface area (Å²) in [7, 11) is 0. The molecular weight excluding hydrogens is 633 g/mol. The first-order chi connectivity index (χ1) is 24.8. The van der Waals surface area contributed by atoms with Gasteiger partial charge in [-0.25, -0.2) is 15.0 Å². The number of pyridine rings is 1. The zero-order chi connectivity index (χ0) is 33.0. The van der Waals surface area contributed by atoms with E-state index in [-0.39, 0.29) is 0 Å². The number of fused-ring (bicyclic) bond motifs is 6. The zero-order valence-electron chi connectivity index (χ0n) is 26.6. The van der Waals surface area contributed by atoms with Crippen molar-refractivity contribution in [2.45, 2.75) is 0 Å². The number of hydrogen-bond donors (Lipinski definition) is 0. The van der Waals surface area contributed by atoms with Gasteiger partial charge in [-0.05, 0) is 59.2 Å². The van der Waals surface area contributed by atoms with E-state index in [1.807, 2.05) is 66.1 Å². The molecule has 0 spiro atoms. The molecule has 0 bridgehead atoms. The Balaban J connectivity index is 1.18. The van der Waals surface area contributed by atoms with Crippen molar-refractivity contribution in [3.63, 3.8) is 0 Å². The van der Waals surface area contributed by atoms with Crippen LogP contribution in [0.5, 0.6) is 0 Å². The topological polar surface area (TPSA) is 64.7 Å². The van der Waals surface area contributed by atoms with Crippen molar-refractivity contribution >= 4 is 53.4 Å². The Morgan fingerprint density at radius 1 is 0.440 bits per heavy atom. The Bertz CT molecular complexity index is 2860. The summed E-state index contributed by atoms with van der Waals surface area (Å²) in [6.07, 6.45) is 3.65. The molecular formula is C44H26N4OS. The second-order valence-corrected chi connectivity index (χ2v) is 13.3. The molecule has 10 rings (SSSR count). The predicted octanol–water partition coefficient (Wildman–Crippen LogP) is 11.9. The van der Waals surface area contributed by atoms with Crippen LogP contribution in [0.25, 0.3) is 98.5 Å². The molecule has 4 heterocycles. The average Bonchev–Trinajstić information content (AvgIpc) is 3.77. The molecule has 0 fully saturated rings. The highest BCUT2D eigenvalue weighted by Crippen LogP contribution is 2.43. The minimum Gasteiger partial charge on any atom is -0.455 e. The largest absolute Gasteiger partial charge is 0.455 e. The minimum atomic E-state index is 0.590. The number of hydrogen-bond acceptors (Lipinski definition) is 6.